The molecule has 0 saturated carbocycles. The van der Waals surface area contributed by atoms with E-state index in [1.807, 2.05) is 25.1 Å². The zero-order valence-electron chi connectivity index (χ0n) is 17.0. The van der Waals surface area contributed by atoms with Crippen LogP contribution in [0.5, 0.6) is 0 Å². The van der Waals surface area contributed by atoms with Crippen LogP contribution in [0, 0.1) is 5.41 Å². The van der Waals surface area contributed by atoms with Gasteiger partial charge in [0.25, 0.3) is 0 Å². The number of carbonyl (C=O) groups excluding carboxylic acids is 1. The number of amides is 2. The Morgan fingerprint density at radius 1 is 1.36 bits per heavy atom. The minimum Gasteiger partial charge on any atom is -0.376 e. The van der Waals surface area contributed by atoms with Crippen molar-refractivity contribution in [2.45, 2.75) is 65.7 Å². The lowest BCUT2D eigenvalue weighted by Crippen LogP contribution is -2.37. The maximum absolute atomic E-state index is 12.5. The molecule has 0 fully saturated rings. The van der Waals surface area contributed by atoms with Gasteiger partial charge in [-0.1, -0.05) is 42.8 Å². The summed E-state index contributed by atoms with van der Waals surface area (Å²) >= 11 is 3.46. The molecule has 2 amide bonds. The summed E-state index contributed by atoms with van der Waals surface area (Å²) in [6.07, 6.45) is 2.16. The Morgan fingerprint density at radius 3 is 2.61 bits per heavy atom. The van der Waals surface area contributed by atoms with E-state index >= 15 is 0 Å². The zero-order chi connectivity index (χ0) is 21.3. The van der Waals surface area contributed by atoms with Crippen molar-refractivity contribution < 1.29 is 23.4 Å². The van der Waals surface area contributed by atoms with Gasteiger partial charge in [-0.2, -0.15) is 8.78 Å². The Bertz CT molecular complexity index is 629. The molecular formula is C20H31BrF2N2O3. The molecule has 0 saturated heterocycles. The van der Waals surface area contributed by atoms with Crippen LogP contribution < -0.4 is 5.32 Å². The van der Waals surface area contributed by atoms with Crippen LogP contribution in [-0.2, 0) is 17.7 Å². The maximum atomic E-state index is 12.5. The summed E-state index contributed by atoms with van der Waals surface area (Å²) in [5, 5.41) is 11.8. The molecule has 160 valence electrons. The van der Waals surface area contributed by atoms with Crippen molar-refractivity contribution in [3.63, 3.8) is 0 Å². The maximum Gasteiger partial charge on any atom is 0.345 e. The Morgan fingerprint density at radius 2 is 2.04 bits per heavy atom. The van der Waals surface area contributed by atoms with Gasteiger partial charge in [-0.15, -0.1) is 0 Å². The first kappa shape index (κ1) is 24.8. The molecular weight excluding hydrogens is 434 g/mol. The van der Waals surface area contributed by atoms with Gasteiger partial charge >= 0.3 is 12.6 Å². The fraction of sp³-hybridized carbons (Fsp3) is 0.650. The molecule has 0 aliphatic carbocycles. The number of nitrogens with zero attached hydrogens (tertiary/aromatic N) is 1. The first-order valence-electron chi connectivity index (χ1n) is 9.38. The molecule has 1 aromatic rings. The van der Waals surface area contributed by atoms with Gasteiger partial charge in [-0.3, -0.25) is 0 Å². The topological polar surface area (TPSA) is 61.8 Å². The SMILES string of the molecule is CC[C@H](CCC(C)(C)Cc1ccc(Br)cc1CNC(=O)N(C)CO)OC(F)F. The van der Waals surface area contributed by atoms with E-state index in [4.69, 9.17) is 5.11 Å². The first-order valence-corrected chi connectivity index (χ1v) is 10.2. The third kappa shape index (κ3) is 8.84. The summed E-state index contributed by atoms with van der Waals surface area (Å²) in [5.41, 5.74) is 1.94. The molecule has 0 radical (unpaired) electrons. The summed E-state index contributed by atoms with van der Waals surface area (Å²) in [5.74, 6) is 0. The Balaban J connectivity index is 2.79. The molecule has 0 spiro atoms. The third-order valence-electron chi connectivity index (χ3n) is 4.72. The lowest BCUT2D eigenvalue weighted by molar-refractivity contribution is -0.166. The fourth-order valence-corrected chi connectivity index (χ4v) is 3.38. The highest BCUT2D eigenvalue weighted by Gasteiger charge is 2.23. The molecule has 5 nitrogen and oxygen atoms in total. The van der Waals surface area contributed by atoms with E-state index in [1.165, 1.54) is 11.9 Å². The predicted octanol–water partition coefficient (Wildman–Crippen LogP) is 4.91. The van der Waals surface area contributed by atoms with E-state index in [2.05, 4.69) is 39.8 Å². The average molecular weight is 465 g/mol. The minimum absolute atomic E-state index is 0.118. The van der Waals surface area contributed by atoms with Gasteiger partial charge in [-0.05, 0) is 54.4 Å². The third-order valence-corrected chi connectivity index (χ3v) is 5.21. The molecule has 0 heterocycles. The lowest BCUT2D eigenvalue weighted by atomic mass is 9.79. The number of rotatable bonds is 11. The second kappa shape index (κ2) is 11.7. The summed E-state index contributed by atoms with van der Waals surface area (Å²) in [6, 6.07) is 5.56. The largest absolute Gasteiger partial charge is 0.376 e. The summed E-state index contributed by atoms with van der Waals surface area (Å²) in [6.45, 7) is 3.28. The minimum atomic E-state index is -2.74. The van der Waals surface area contributed by atoms with Crippen LogP contribution in [0.1, 0.15) is 51.2 Å². The molecule has 1 atom stereocenters. The summed E-state index contributed by atoms with van der Waals surface area (Å²) in [7, 11) is 1.51. The quantitative estimate of drug-likeness (QED) is 0.457. The molecule has 0 aromatic heterocycles. The monoisotopic (exact) mass is 464 g/mol. The highest BCUT2D eigenvalue weighted by Crippen LogP contribution is 2.31. The van der Waals surface area contributed by atoms with Crippen molar-refractivity contribution in [3.8, 4) is 0 Å². The van der Waals surface area contributed by atoms with Gasteiger partial charge in [0.05, 0.1) is 6.10 Å². The van der Waals surface area contributed by atoms with E-state index in [1.54, 1.807) is 0 Å². The van der Waals surface area contributed by atoms with Crippen molar-refractivity contribution in [3.05, 3.63) is 33.8 Å². The van der Waals surface area contributed by atoms with Gasteiger partial charge in [0, 0.05) is 18.1 Å². The van der Waals surface area contributed by atoms with E-state index in [-0.39, 0.29) is 18.2 Å². The average Bonchev–Trinajstić information content (AvgIpc) is 2.63. The van der Waals surface area contributed by atoms with E-state index in [0.29, 0.717) is 19.4 Å². The molecule has 0 aliphatic rings. The molecule has 28 heavy (non-hydrogen) atoms. The predicted molar refractivity (Wildman–Crippen MR) is 109 cm³/mol. The Kier molecular flexibility index (Phi) is 10.3. The van der Waals surface area contributed by atoms with Gasteiger partial charge in [0.1, 0.15) is 6.73 Å². The second-order valence-corrected chi connectivity index (χ2v) is 8.63. The van der Waals surface area contributed by atoms with Crippen molar-refractivity contribution >= 4 is 22.0 Å². The van der Waals surface area contributed by atoms with Crippen LogP contribution in [-0.4, -0.2) is 42.5 Å². The fourth-order valence-electron chi connectivity index (χ4n) is 2.97. The van der Waals surface area contributed by atoms with Crippen molar-refractivity contribution in [1.82, 2.24) is 10.2 Å². The number of carbonyl (C=O) groups is 1. The zero-order valence-corrected chi connectivity index (χ0v) is 18.6. The smallest absolute Gasteiger partial charge is 0.345 e. The molecule has 8 heteroatoms. The lowest BCUT2D eigenvalue weighted by Gasteiger charge is -2.28. The van der Waals surface area contributed by atoms with Crippen molar-refractivity contribution in [2.24, 2.45) is 5.41 Å². The molecule has 2 N–H and O–H groups in total. The molecule has 1 rings (SSSR count). The van der Waals surface area contributed by atoms with E-state index in [9.17, 15) is 13.6 Å². The molecule has 1 aromatic carbocycles. The number of benzene rings is 1. The molecule has 0 unspecified atom stereocenters. The van der Waals surface area contributed by atoms with Gasteiger partial charge in [0.2, 0.25) is 0 Å². The number of aliphatic hydroxyl groups is 1. The van der Waals surface area contributed by atoms with Crippen molar-refractivity contribution in [2.75, 3.05) is 13.8 Å². The summed E-state index contributed by atoms with van der Waals surface area (Å²) in [4.78, 5) is 13.1. The number of hydrogen-bond acceptors (Lipinski definition) is 3. The van der Waals surface area contributed by atoms with E-state index < -0.39 is 12.7 Å². The number of hydrogen-bond donors (Lipinski definition) is 2. The normalized spacial score (nSPS) is 12.9. The molecule has 0 aliphatic heterocycles. The van der Waals surface area contributed by atoms with Crippen LogP contribution in [0.15, 0.2) is 22.7 Å². The van der Waals surface area contributed by atoms with Crippen LogP contribution in [0.2, 0.25) is 0 Å². The number of aliphatic hydroxyl groups excluding tert-OH is 1. The van der Waals surface area contributed by atoms with Crippen LogP contribution in [0.25, 0.3) is 0 Å². The number of urea groups is 1. The van der Waals surface area contributed by atoms with Crippen LogP contribution in [0.3, 0.4) is 0 Å². The van der Waals surface area contributed by atoms with Crippen LogP contribution >= 0.6 is 15.9 Å². The van der Waals surface area contributed by atoms with Crippen molar-refractivity contribution in [1.29, 1.82) is 0 Å². The standard InChI is InChI=1S/C20H31BrF2N2O3/c1-5-17(28-18(22)23)8-9-20(2,3)11-14-6-7-16(21)10-15(14)12-24-19(27)25(4)13-26/h6-7,10,17-18,26H,5,8-9,11-13H2,1-4H3,(H,24,27)/t17-/m1/s1. The number of halogens is 3. The number of nitrogens with one attached hydrogen (secondary N) is 1. The number of alkyl halides is 2. The van der Waals surface area contributed by atoms with Gasteiger partial charge in [-0.25, -0.2) is 4.79 Å². The van der Waals surface area contributed by atoms with Gasteiger partial charge in [0.15, 0.2) is 0 Å². The highest BCUT2D eigenvalue weighted by molar-refractivity contribution is 9.10. The Hall–Kier alpha value is -1.25. The first-order chi connectivity index (χ1) is 13.1. The highest BCUT2D eigenvalue weighted by atomic mass is 79.9. The van der Waals surface area contributed by atoms with Gasteiger partial charge < -0.3 is 20.1 Å². The Labute approximate surface area is 174 Å². The summed E-state index contributed by atoms with van der Waals surface area (Å²) < 4.78 is 30.5. The van der Waals surface area contributed by atoms with E-state index in [0.717, 1.165) is 28.4 Å². The van der Waals surface area contributed by atoms with Crippen LogP contribution in [0.4, 0.5) is 13.6 Å². The number of ether oxygens (including phenoxy) is 1. The second-order valence-electron chi connectivity index (χ2n) is 7.72. The molecule has 0 bridgehead atoms.